The first-order valence-corrected chi connectivity index (χ1v) is 10.2. The number of rotatable bonds is 6. The molecule has 0 saturated heterocycles. The Balaban J connectivity index is 1.94. The third kappa shape index (κ3) is 4.75. The van der Waals surface area contributed by atoms with Crippen molar-refractivity contribution >= 4 is 39.8 Å². The van der Waals surface area contributed by atoms with Gasteiger partial charge in [-0.25, -0.2) is 4.79 Å². The molecular formula is C23H22N2O5S. The SMILES string of the molecule is COC(=O)c1c(NC(=O)c2ccccc2C)sc(C(=O)Nc2cccc(OC)c2)c1C. The van der Waals surface area contributed by atoms with Crippen LogP contribution in [0.15, 0.2) is 48.5 Å². The number of ether oxygens (including phenoxy) is 2. The van der Waals surface area contributed by atoms with E-state index in [0.29, 0.717) is 27.4 Å². The van der Waals surface area contributed by atoms with Crippen LogP contribution in [0.3, 0.4) is 0 Å². The zero-order valence-corrected chi connectivity index (χ0v) is 18.4. The van der Waals surface area contributed by atoms with Crippen LogP contribution in [0.25, 0.3) is 0 Å². The normalized spacial score (nSPS) is 10.3. The van der Waals surface area contributed by atoms with Crippen LogP contribution in [0.2, 0.25) is 0 Å². The van der Waals surface area contributed by atoms with Crippen molar-refractivity contribution in [1.82, 2.24) is 0 Å². The number of benzene rings is 2. The largest absolute Gasteiger partial charge is 0.497 e. The zero-order chi connectivity index (χ0) is 22.5. The lowest BCUT2D eigenvalue weighted by atomic mass is 10.1. The average Bonchev–Trinajstić information content (AvgIpc) is 3.09. The van der Waals surface area contributed by atoms with Crippen LogP contribution in [0.1, 0.15) is 41.5 Å². The number of thiophene rings is 1. The van der Waals surface area contributed by atoms with Gasteiger partial charge in [-0.15, -0.1) is 11.3 Å². The number of methoxy groups -OCH3 is 2. The lowest BCUT2D eigenvalue weighted by Crippen LogP contribution is -2.15. The predicted octanol–water partition coefficient (Wildman–Crippen LogP) is 4.66. The lowest BCUT2D eigenvalue weighted by molar-refractivity contribution is 0.0601. The van der Waals surface area contributed by atoms with E-state index in [1.54, 1.807) is 43.3 Å². The van der Waals surface area contributed by atoms with Crippen LogP contribution < -0.4 is 15.4 Å². The van der Waals surface area contributed by atoms with Crippen molar-refractivity contribution in [2.45, 2.75) is 13.8 Å². The summed E-state index contributed by atoms with van der Waals surface area (Å²) in [6.07, 6.45) is 0. The van der Waals surface area contributed by atoms with Crippen LogP contribution in [0.5, 0.6) is 5.75 Å². The van der Waals surface area contributed by atoms with E-state index in [1.807, 2.05) is 19.1 Å². The molecule has 0 radical (unpaired) electrons. The molecule has 0 fully saturated rings. The highest BCUT2D eigenvalue weighted by atomic mass is 32.1. The number of carbonyl (C=O) groups is 3. The molecule has 0 aliphatic heterocycles. The summed E-state index contributed by atoms with van der Waals surface area (Å²) in [4.78, 5) is 38.4. The second-order valence-corrected chi connectivity index (χ2v) is 7.73. The minimum absolute atomic E-state index is 0.158. The number of anilines is 2. The fraction of sp³-hybridized carbons (Fsp3) is 0.174. The Hall–Kier alpha value is -3.65. The number of aryl methyl sites for hydroxylation is 1. The van der Waals surface area contributed by atoms with Crippen LogP contribution in [0.4, 0.5) is 10.7 Å². The maximum Gasteiger partial charge on any atom is 0.341 e. The summed E-state index contributed by atoms with van der Waals surface area (Å²) in [6.45, 7) is 3.47. The summed E-state index contributed by atoms with van der Waals surface area (Å²) in [7, 11) is 2.79. The Kier molecular flexibility index (Phi) is 6.71. The van der Waals surface area contributed by atoms with E-state index in [1.165, 1.54) is 14.2 Å². The molecule has 0 bridgehead atoms. The van der Waals surface area contributed by atoms with Gasteiger partial charge in [-0.2, -0.15) is 0 Å². The lowest BCUT2D eigenvalue weighted by Gasteiger charge is -2.08. The molecule has 0 aliphatic rings. The minimum atomic E-state index is -0.630. The molecule has 1 aromatic heterocycles. The Morgan fingerprint density at radius 3 is 2.32 bits per heavy atom. The van der Waals surface area contributed by atoms with Crippen LogP contribution >= 0.6 is 11.3 Å². The molecule has 0 saturated carbocycles. The number of hydrogen-bond donors (Lipinski definition) is 2. The maximum atomic E-state index is 12.9. The number of carbonyl (C=O) groups excluding carboxylic acids is 3. The third-order valence-corrected chi connectivity index (χ3v) is 5.89. The molecule has 7 nitrogen and oxygen atoms in total. The highest BCUT2D eigenvalue weighted by molar-refractivity contribution is 7.19. The minimum Gasteiger partial charge on any atom is -0.497 e. The van der Waals surface area contributed by atoms with Crippen molar-refractivity contribution in [3.05, 3.63) is 75.7 Å². The summed E-state index contributed by atoms with van der Waals surface area (Å²) in [5.41, 5.74) is 2.40. The van der Waals surface area contributed by atoms with E-state index < -0.39 is 11.9 Å². The van der Waals surface area contributed by atoms with E-state index >= 15 is 0 Å². The van der Waals surface area contributed by atoms with E-state index in [2.05, 4.69) is 10.6 Å². The summed E-state index contributed by atoms with van der Waals surface area (Å²) in [6, 6.07) is 14.0. The molecule has 8 heteroatoms. The van der Waals surface area contributed by atoms with Gasteiger partial charge >= 0.3 is 5.97 Å². The quantitative estimate of drug-likeness (QED) is 0.546. The zero-order valence-electron chi connectivity index (χ0n) is 17.6. The summed E-state index contributed by atoms with van der Waals surface area (Å²) in [5.74, 6) is -0.807. The Morgan fingerprint density at radius 2 is 1.65 bits per heavy atom. The van der Waals surface area contributed by atoms with Crippen molar-refractivity contribution in [2.24, 2.45) is 0 Å². The first kappa shape index (κ1) is 22.0. The summed E-state index contributed by atoms with van der Waals surface area (Å²) in [5, 5.41) is 5.81. The number of esters is 1. The first-order valence-electron chi connectivity index (χ1n) is 9.39. The number of nitrogens with one attached hydrogen (secondary N) is 2. The number of hydrogen-bond acceptors (Lipinski definition) is 6. The van der Waals surface area contributed by atoms with Gasteiger partial charge in [-0.05, 0) is 43.2 Å². The van der Waals surface area contributed by atoms with Gasteiger partial charge in [0.2, 0.25) is 0 Å². The van der Waals surface area contributed by atoms with Crippen molar-refractivity contribution < 1.29 is 23.9 Å². The molecule has 2 amide bonds. The molecular weight excluding hydrogens is 416 g/mol. The van der Waals surface area contributed by atoms with Crippen LogP contribution in [0, 0.1) is 13.8 Å². The Labute approximate surface area is 184 Å². The molecule has 31 heavy (non-hydrogen) atoms. The van der Waals surface area contributed by atoms with Gasteiger partial charge in [0.15, 0.2) is 0 Å². The predicted molar refractivity (Wildman–Crippen MR) is 120 cm³/mol. The van der Waals surface area contributed by atoms with Crippen molar-refractivity contribution in [1.29, 1.82) is 0 Å². The number of amides is 2. The smallest absolute Gasteiger partial charge is 0.341 e. The van der Waals surface area contributed by atoms with Gasteiger partial charge in [0.25, 0.3) is 11.8 Å². The standard InChI is InChI=1S/C23H22N2O5S/c1-13-8-5-6-11-17(13)20(26)25-22-18(23(28)30-4)14(2)19(31-22)21(27)24-15-9-7-10-16(12-15)29-3/h5-12H,1-4H3,(H,24,27)(H,25,26). The second-order valence-electron chi connectivity index (χ2n) is 6.71. The van der Waals surface area contributed by atoms with E-state index in [0.717, 1.165) is 16.9 Å². The van der Waals surface area contributed by atoms with E-state index in [4.69, 9.17) is 9.47 Å². The fourth-order valence-corrected chi connectivity index (χ4v) is 4.14. The molecule has 2 aromatic carbocycles. The Bertz CT molecular complexity index is 1150. The van der Waals surface area contributed by atoms with Crippen LogP contribution in [-0.2, 0) is 4.74 Å². The van der Waals surface area contributed by atoms with Crippen molar-refractivity contribution in [3.63, 3.8) is 0 Å². The van der Waals surface area contributed by atoms with Gasteiger partial charge in [-0.3, -0.25) is 9.59 Å². The van der Waals surface area contributed by atoms with Crippen molar-refractivity contribution in [3.8, 4) is 5.75 Å². The van der Waals surface area contributed by atoms with Gasteiger partial charge in [-0.1, -0.05) is 24.3 Å². The van der Waals surface area contributed by atoms with Gasteiger partial charge < -0.3 is 20.1 Å². The average molecular weight is 439 g/mol. The monoisotopic (exact) mass is 438 g/mol. The topological polar surface area (TPSA) is 93.7 Å². The molecule has 0 aliphatic carbocycles. The Morgan fingerprint density at radius 1 is 0.903 bits per heavy atom. The molecule has 1 heterocycles. The van der Waals surface area contributed by atoms with Crippen molar-refractivity contribution in [2.75, 3.05) is 24.9 Å². The molecule has 0 spiro atoms. The third-order valence-electron chi connectivity index (χ3n) is 4.69. The van der Waals surface area contributed by atoms with Crippen LogP contribution in [-0.4, -0.2) is 32.0 Å². The second kappa shape index (κ2) is 9.44. The molecule has 2 N–H and O–H groups in total. The fourth-order valence-electron chi connectivity index (χ4n) is 3.05. The maximum absolute atomic E-state index is 12.9. The summed E-state index contributed by atoms with van der Waals surface area (Å²) >= 11 is 1.02. The molecule has 160 valence electrons. The summed E-state index contributed by atoms with van der Waals surface area (Å²) < 4.78 is 10.1. The highest BCUT2D eigenvalue weighted by Gasteiger charge is 2.27. The van der Waals surface area contributed by atoms with E-state index in [9.17, 15) is 14.4 Å². The molecule has 3 rings (SSSR count). The molecule has 0 atom stereocenters. The molecule has 0 unspecified atom stereocenters. The van der Waals surface area contributed by atoms with Gasteiger partial charge in [0, 0.05) is 17.3 Å². The van der Waals surface area contributed by atoms with Gasteiger partial charge in [0.1, 0.15) is 10.8 Å². The highest BCUT2D eigenvalue weighted by Crippen LogP contribution is 2.35. The van der Waals surface area contributed by atoms with Gasteiger partial charge in [0.05, 0.1) is 24.7 Å². The first-order chi connectivity index (χ1) is 14.8. The van der Waals surface area contributed by atoms with E-state index in [-0.39, 0.29) is 16.5 Å². The molecule has 3 aromatic rings.